The van der Waals surface area contributed by atoms with E-state index in [-0.39, 0.29) is 0 Å². The molecule has 0 saturated heterocycles. The summed E-state index contributed by atoms with van der Waals surface area (Å²) in [6, 6.07) is 14.9. The van der Waals surface area contributed by atoms with Crippen LogP contribution in [0.25, 0.3) is 0 Å². The van der Waals surface area contributed by atoms with Crippen molar-refractivity contribution in [3.05, 3.63) is 48.5 Å². The minimum atomic E-state index is 0.658. The van der Waals surface area contributed by atoms with Crippen molar-refractivity contribution in [3.63, 3.8) is 0 Å². The van der Waals surface area contributed by atoms with E-state index in [1.165, 1.54) is 0 Å². The van der Waals surface area contributed by atoms with E-state index >= 15 is 0 Å². The molecule has 0 radical (unpaired) electrons. The van der Waals surface area contributed by atoms with Crippen LogP contribution in [-0.2, 0) is 0 Å². The monoisotopic (exact) mass is 270 g/mol. The molecule has 19 heavy (non-hydrogen) atoms. The highest BCUT2D eigenvalue weighted by Gasteiger charge is 2.01. The molecule has 2 aromatic rings. The highest BCUT2D eigenvalue weighted by molar-refractivity contribution is 7.99. The molecule has 0 atom stereocenters. The van der Waals surface area contributed by atoms with Crippen LogP contribution in [0.15, 0.2) is 68.6 Å². The summed E-state index contributed by atoms with van der Waals surface area (Å²) in [4.78, 5) is 8.10. The minimum absolute atomic E-state index is 0.658. The van der Waals surface area contributed by atoms with E-state index in [0.29, 0.717) is 11.4 Å². The summed E-state index contributed by atoms with van der Waals surface area (Å²) in [6.45, 7) is 0. The second-order valence-corrected chi connectivity index (χ2v) is 4.64. The van der Waals surface area contributed by atoms with Gasteiger partial charge in [-0.3, -0.25) is 0 Å². The topological polar surface area (TPSA) is 101 Å². The molecular formula is C12H10N6S+2. The first kappa shape index (κ1) is 12.9. The first-order chi connectivity index (χ1) is 9.31. The molecule has 0 fully saturated rings. The number of rotatable bonds is 4. The zero-order valence-electron chi connectivity index (χ0n) is 9.82. The van der Waals surface area contributed by atoms with Gasteiger partial charge >= 0.3 is 0 Å². The first-order valence-corrected chi connectivity index (χ1v) is 6.16. The van der Waals surface area contributed by atoms with Crippen LogP contribution < -0.4 is 9.82 Å². The van der Waals surface area contributed by atoms with Gasteiger partial charge in [0.25, 0.3) is 0 Å². The van der Waals surface area contributed by atoms with Crippen molar-refractivity contribution in [3.8, 4) is 0 Å². The third-order valence-electron chi connectivity index (χ3n) is 2.24. The lowest BCUT2D eigenvalue weighted by Gasteiger charge is -2.00. The van der Waals surface area contributed by atoms with E-state index in [4.69, 9.17) is 11.1 Å². The van der Waals surface area contributed by atoms with Crippen LogP contribution >= 0.6 is 11.8 Å². The Hall–Kier alpha value is -2.59. The van der Waals surface area contributed by atoms with Crippen molar-refractivity contribution in [2.24, 2.45) is 10.2 Å². The maximum absolute atomic E-state index is 6.65. The predicted molar refractivity (Wildman–Crippen MR) is 70.9 cm³/mol. The summed E-state index contributed by atoms with van der Waals surface area (Å²) >= 11 is 1.60. The van der Waals surface area contributed by atoms with Crippen LogP contribution in [-0.4, -0.2) is 0 Å². The molecule has 6 nitrogen and oxygen atoms in total. The zero-order chi connectivity index (χ0) is 13.5. The van der Waals surface area contributed by atoms with Crippen LogP contribution in [0.5, 0.6) is 0 Å². The fourth-order valence-corrected chi connectivity index (χ4v) is 2.23. The third-order valence-corrected chi connectivity index (χ3v) is 3.26. The van der Waals surface area contributed by atoms with E-state index in [1.54, 1.807) is 11.8 Å². The average Bonchev–Trinajstić information content (AvgIpc) is 2.44. The van der Waals surface area contributed by atoms with Gasteiger partial charge in [-0.15, -0.1) is 0 Å². The lowest BCUT2D eigenvalue weighted by molar-refractivity contribution is 0.991. The maximum Gasteiger partial charge on any atom is 0.220 e. The van der Waals surface area contributed by atoms with Crippen LogP contribution in [0, 0.1) is 11.1 Å². The number of hydrogen-bond acceptors (Lipinski definition) is 5. The minimum Gasteiger partial charge on any atom is -0.0901 e. The number of hydrogen-bond donors (Lipinski definition) is 2. The number of nitrogens with one attached hydrogen (secondary N) is 2. The molecule has 2 aromatic carbocycles. The maximum atomic E-state index is 6.65. The zero-order valence-corrected chi connectivity index (χ0v) is 10.6. The second-order valence-electron chi connectivity index (χ2n) is 3.49. The highest BCUT2D eigenvalue weighted by atomic mass is 32.2. The second kappa shape index (κ2) is 6.37. The predicted octanol–water partition coefficient (Wildman–Crippen LogP) is 4.20. The number of nitrogens with zero attached hydrogens (tertiary/aromatic N) is 4. The van der Waals surface area contributed by atoms with E-state index in [9.17, 15) is 0 Å². The van der Waals surface area contributed by atoms with Gasteiger partial charge in [-0.25, -0.2) is 0 Å². The fraction of sp³-hybridized carbons (Fsp3) is 0. The van der Waals surface area contributed by atoms with Crippen molar-refractivity contribution in [1.82, 2.24) is 9.82 Å². The van der Waals surface area contributed by atoms with Crippen molar-refractivity contribution in [2.75, 3.05) is 0 Å². The molecule has 7 heteroatoms. The summed E-state index contributed by atoms with van der Waals surface area (Å²) < 4.78 is 0. The normalized spacial score (nSPS) is 9.26. The molecule has 0 unspecified atom stereocenters. The van der Waals surface area contributed by atoms with E-state index in [1.807, 2.05) is 48.5 Å². The molecule has 0 spiro atoms. The van der Waals surface area contributed by atoms with E-state index < -0.39 is 0 Å². The summed E-state index contributed by atoms with van der Waals surface area (Å²) in [7, 11) is 0. The van der Waals surface area contributed by atoms with Crippen LogP contribution in [0.3, 0.4) is 0 Å². The quantitative estimate of drug-likeness (QED) is 0.631. The standard InChI is InChI=1S/C12H10N6S/c13-17-15-9-1-5-11(6-2-9)19-12-7-3-10(4-8-12)16-18-14/h1-8,13-14H/q+2. The van der Waals surface area contributed by atoms with Crippen LogP contribution in [0.4, 0.5) is 11.4 Å². The Morgan fingerprint density at radius 2 is 1.05 bits per heavy atom. The molecule has 0 bridgehead atoms. The Balaban J connectivity index is 2.11. The Kier molecular flexibility index (Phi) is 4.31. The molecule has 2 rings (SSSR count). The van der Waals surface area contributed by atoms with Crippen molar-refractivity contribution < 1.29 is 0 Å². The molecule has 0 heterocycles. The van der Waals surface area contributed by atoms with Crippen molar-refractivity contribution in [2.45, 2.75) is 9.79 Å². The average molecular weight is 270 g/mol. The third kappa shape index (κ3) is 3.69. The Morgan fingerprint density at radius 3 is 1.37 bits per heavy atom. The van der Waals surface area contributed by atoms with Gasteiger partial charge in [0.05, 0.1) is 0 Å². The van der Waals surface area contributed by atoms with Gasteiger partial charge in [0.2, 0.25) is 9.82 Å². The number of benzene rings is 2. The molecule has 0 aliphatic rings. The molecule has 2 N–H and O–H groups in total. The molecular weight excluding hydrogens is 260 g/mol. The van der Waals surface area contributed by atoms with Gasteiger partial charge < -0.3 is 0 Å². The summed E-state index contributed by atoms with van der Waals surface area (Å²) in [5.74, 6) is 0. The highest BCUT2D eigenvalue weighted by Crippen LogP contribution is 2.30. The molecule has 0 saturated carbocycles. The van der Waals surface area contributed by atoms with Crippen molar-refractivity contribution >= 4 is 23.1 Å². The Bertz CT molecular complexity index is 592. The Labute approximate surface area is 113 Å². The van der Waals surface area contributed by atoms with Gasteiger partial charge in [-0.1, -0.05) is 11.8 Å². The molecule has 92 valence electrons. The van der Waals surface area contributed by atoms with E-state index in [0.717, 1.165) is 9.79 Å². The molecule has 0 aliphatic heterocycles. The summed E-state index contributed by atoms with van der Waals surface area (Å²) in [6.07, 6.45) is 0. The van der Waals surface area contributed by atoms with Gasteiger partial charge in [0.15, 0.2) is 21.6 Å². The summed E-state index contributed by atoms with van der Waals surface area (Å²) in [5, 5.41) is 7.26. The van der Waals surface area contributed by atoms with Crippen LogP contribution in [0.1, 0.15) is 0 Å². The van der Waals surface area contributed by atoms with E-state index in [2.05, 4.69) is 20.1 Å². The molecule has 0 aliphatic carbocycles. The van der Waals surface area contributed by atoms with Gasteiger partial charge in [0, 0.05) is 9.79 Å². The van der Waals surface area contributed by atoms with Crippen molar-refractivity contribution in [1.29, 1.82) is 11.1 Å². The molecule has 0 aromatic heterocycles. The lowest BCUT2D eigenvalue weighted by Crippen LogP contribution is -1.73. The largest absolute Gasteiger partial charge is 0.220 e. The fourth-order valence-electron chi connectivity index (χ4n) is 1.41. The van der Waals surface area contributed by atoms with Crippen LogP contribution in [0.2, 0.25) is 0 Å². The van der Waals surface area contributed by atoms with Gasteiger partial charge in [-0.2, -0.15) is 0 Å². The first-order valence-electron chi connectivity index (χ1n) is 5.35. The van der Waals surface area contributed by atoms with Gasteiger partial charge in [-0.05, 0) is 48.5 Å². The lowest BCUT2D eigenvalue weighted by atomic mass is 10.3. The molecule has 0 amide bonds. The summed E-state index contributed by atoms with van der Waals surface area (Å²) in [5.41, 5.74) is 14.6. The Morgan fingerprint density at radius 1 is 0.684 bits per heavy atom. The van der Waals surface area contributed by atoms with Gasteiger partial charge in [0.1, 0.15) is 11.1 Å². The smallest absolute Gasteiger partial charge is 0.0901 e. The SMILES string of the molecule is N=[N+]=Nc1ccc(Sc2ccc(N=[N+]=N)cc2)cc1.